The van der Waals surface area contributed by atoms with Crippen LogP contribution in [0.25, 0.3) is 0 Å². The fourth-order valence-electron chi connectivity index (χ4n) is 1.82. The molecule has 104 valence electrons. The lowest BCUT2D eigenvalue weighted by atomic mass is 10.2. The van der Waals surface area contributed by atoms with Gasteiger partial charge in [-0.2, -0.15) is 0 Å². The largest absolute Gasteiger partial charge is 0.486 e. The summed E-state index contributed by atoms with van der Waals surface area (Å²) in [7, 11) is 0. The number of nitrogens with zero attached hydrogens (tertiary/aromatic N) is 2. The van der Waals surface area contributed by atoms with Gasteiger partial charge in [0.15, 0.2) is 16.7 Å². The van der Waals surface area contributed by atoms with Crippen molar-refractivity contribution in [2.75, 3.05) is 24.8 Å². The molecule has 1 aromatic heterocycles. The van der Waals surface area contributed by atoms with Gasteiger partial charge in [-0.25, -0.2) is 9.97 Å². The highest BCUT2D eigenvalue weighted by molar-refractivity contribution is 7.98. The number of anilines is 2. The number of hydrogen-bond acceptors (Lipinski definition) is 6. The molecule has 1 N–H and O–H groups in total. The van der Waals surface area contributed by atoms with Crippen LogP contribution in [0.4, 0.5) is 11.5 Å². The van der Waals surface area contributed by atoms with Gasteiger partial charge in [-0.15, -0.1) is 0 Å². The van der Waals surface area contributed by atoms with Crippen LogP contribution in [-0.4, -0.2) is 29.4 Å². The van der Waals surface area contributed by atoms with Crippen molar-refractivity contribution in [2.24, 2.45) is 0 Å². The topological polar surface area (TPSA) is 56.3 Å². The Kier molecular flexibility index (Phi) is 3.84. The summed E-state index contributed by atoms with van der Waals surface area (Å²) < 4.78 is 11.0. The van der Waals surface area contributed by atoms with Crippen molar-refractivity contribution in [2.45, 2.75) is 5.16 Å². The zero-order valence-electron chi connectivity index (χ0n) is 10.7. The van der Waals surface area contributed by atoms with Crippen LogP contribution < -0.4 is 14.8 Å². The Hall–Kier alpha value is -1.66. The maximum atomic E-state index is 5.96. The minimum atomic E-state index is 0.407. The van der Waals surface area contributed by atoms with Gasteiger partial charge in [-0.05, 0) is 18.4 Å². The number of hydrogen-bond donors (Lipinski definition) is 1. The van der Waals surface area contributed by atoms with Crippen molar-refractivity contribution in [3.05, 3.63) is 29.4 Å². The number of thioether (sulfide) groups is 1. The maximum Gasteiger partial charge on any atom is 0.190 e. The fourth-order valence-corrected chi connectivity index (χ4v) is 2.43. The maximum absolute atomic E-state index is 5.96. The molecular formula is C13H12ClN3O2S. The van der Waals surface area contributed by atoms with Crippen LogP contribution in [0.1, 0.15) is 0 Å². The molecule has 0 radical (unpaired) electrons. The third kappa shape index (κ3) is 2.91. The quantitative estimate of drug-likeness (QED) is 0.533. The molecule has 0 unspecified atom stereocenters. The number of nitrogens with one attached hydrogen (secondary N) is 1. The predicted molar refractivity (Wildman–Crippen MR) is 79.5 cm³/mol. The third-order valence-electron chi connectivity index (χ3n) is 2.67. The van der Waals surface area contributed by atoms with Gasteiger partial charge in [0.05, 0.1) is 0 Å². The second-order valence-electron chi connectivity index (χ2n) is 4.05. The summed E-state index contributed by atoms with van der Waals surface area (Å²) in [6, 6.07) is 7.33. The summed E-state index contributed by atoms with van der Waals surface area (Å²) in [5, 5.41) is 4.21. The second kappa shape index (κ2) is 5.76. The van der Waals surface area contributed by atoms with Crippen molar-refractivity contribution in [1.82, 2.24) is 9.97 Å². The number of ether oxygens (including phenoxy) is 2. The van der Waals surface area contributed by atoms with Crippen LogP contribution in [0.3, 0.4) is 0 Å². The highest BCUT2D eigenvalue weighted by Gasteiger charge is 2.12. The summed E-state index contributed by atoms with van der Waals surface area (Å²) in [5.74, 6) is 2.13. The van der Waals surface area contributed by atoms with E-state index in [1.54, 1.807) is 6.07 Å². The second-order valence-corrected chi connectivity index (χ2v) is 5.21. The minimum absolute atomic E-state index is 0.407. The van der Waals surface area contributed by atoms with Crippen LogP contribution in [-0.2, 0) is 0 Å². The van der Waals surface area contributed by atoms with Crippen molar-refractivity contribution < 1.29 is 9.47 Å². The highest BCUT2D eigenvalue weighted by Crippen LogP contribution is 2.33. The van der Waals surface area contributed by atoms with Crippen molar-refractivity contribution in [3.63, 3.8) is 0 Å². The molecule has 2 aromatic rings. The van der Waals surface area contributed by atoms with Crippen LogP contribution in [0.5, 0.6) is 11.5 Å². The van der Waals surface area contributed by atoms with Crippen LogP contribution in [0, 0.1) is 0 Å². The average Bonchev–Trinajstić information content (AvgIpc) is 2.46. The molecule has 0 saturated carbocycles. The summed E-state index contributed by atoms with van der Waals surface area (Å²) in [6.45, 7) is 1.14. The number of aromatic nitrogens is 2. The molecule has 3 rings (SSSR count). The first-order valence-electron chi connectivity index (χ1n) is 6.00. The molecule has 0 amide bonds. The Labute approximate surface area is 125 Å². The van der Waals surface area contributed by atoms with E-state index in [0.29, 0.717) is 29.3 Å². The zero-order chi connectivity index (χ0) is 13.9. The number of halogens is 1. The SMILES string of the molecule is CSc1nc(Cl)cc(Nc2ccc3c(c2)OCCO3)n1. The van der Waals surface area contributed by atoms with E-state index in [1.165, 1.54) is 11.8 Å². The average molecular weight is 310 g/mol. The lowest BCUT2D eigenvalue weighted by Crippen LogP contribution is -2.15. The summed E-state index contributed by atoms with van der Waals surface area (Å²) in [4.78, 5) is 8.44. The Morgan fingerprint density at radius 3 is 2.75 bits per heavy atom. The Morgan fingerprint density at radius 2 is 1.95 bits per heavy atom. The normalized spacial score (nSPS) is 13.1. The zero-order valence-corrected chi connectivity index (χ0v) is 12.3. The Bertz CT molecular complexity index is 639. The molecule has 0 aliphatic carbocycles. The lowest BCUT2D eigenvalue weighted by molar-refractivity contribution is 0.171. The molecule has 0 fully saturated rings. The minimum Gasteiger partial charge on any atom is -0.486 e. The van der Waals surface area contributed by atoms with Gasteiger partial charge >= 0.3 is 0 Å². The van der Waals surface area contributed by atoms with Gasteiger partial charge in [-0.1, -0.05) is 23.4 Å². The predicted octanol–water partition coefficient (Wildman–Crippen LogP) is 3.37. The smallest absolute Gasteiger partial charge is 0.190 e. The van der Waals surface area contributed by atoms with E-state index < -0.39 is 0 Å². The van der Waals surface area contributed by atoms with E-state index in [0.717, 1.165) is 17.2 Å². The molecule has 20 heavy (non-hydrogen) atoms. The van der Waals surface area contributed by atoms with Gasteiger partial charge in [0.1, 0.15) is 24.2 Å². The highest BCUT2D eigenvalue weighted by atomic mass is 35.5. The monoisotopic (exact) mass is 309 g/mol. The summed E-state index contributed by atoms with van der Waals surface area (Å²) >= 11 is 7.40. The molecule has 1 aliphatic heterocycles. The standard InChI is InChI=1S/C13H12ClN3O2S/c1-20-13-16-11(14)7-12(17-13)15-8-2-3-9-10(6-8)19-5-4-18-9/h2-3,6-7H,4-5H2,1H3,(H,15,16,17). The molecule has 0 spiro atoms. The Morgan fingerprint density at radius 1 is 1.15 bits per heavy atom. The molecule has 0 atom stereocenters. The molecule has 1 aromatic carbocycles. The first kappa shape index (κ1) is 13.3. The first-order valence-corrected chi connectivity index (χ1v) is 7.60. The van der Waals surface area contributed by atoms with E-state index in [1.807, 2.05) is 24.5 Å². The fraction of sp³-hybridized carbons (Fsp3) is 0.231. The van der Waals surface area contributed by atoms with Crippen LogP contribution in [0.15, 0.2) is 29.4 Å². The molecule has 7 heteroatoms. The molecule has 2 heterocycles. The van der Waals surface area contributed by atoms with E-state index in [2.05, 4.69) is 15.3 Å². The van der Waals surface area contributed by atoms with E-state index in [9.17, 15) is 0 Å². The van der Waals surface area contributed by atoms with Crippen molar-refractivity contribution in [1.29, 1.82) is 0 Å². The molecule has 0 saturated heterocycles. The number of benzene rings is 1. The Balaban J connectivity index is 1.85. The van der Waals surface area contributed by atoms with Crippen molar-refractivity contribution in [3.8, 4) is 11.5 Å². The van der Waals surface area contributed by atoms with Gasteiger partial charge in [0.25, 0.3) is 0 Å². The molecular weight excluding hydrogens is 298 g/mol. The molecule has 5 nitrogen and oxygen atoms in total. The van der Waals surface area contributed by atoms with Gasteiger partial charge in [-0.3, -0.25) is 0 Å². The third-order valence-corrected chi connectivity index (χ3v) is 3.41. The summed E-state index contributed by atoms with van der Waals surface area (Å²) in [6.07, 6.45) is 1.90. The summed E-state index contributed by atoms with van der Waals surface area (Å²) in [5.41, 5.74) is 0.857. The van der Waals surface area contributed by atoms with Crippen LogP contribution in [0.2, 0.25) is 5.15 Å². The van der Waals surface area contributed by atoms with E-state index >= 15 is 0 Å². The lowest BCUT2D eigenvalue weighted by Gasteiger charge is -2.19. The van der Waals surface area contributed by atoms with E-state index in [4.69, 9.17) is 21.1 Å². The van der Waals surface area contributed by atoms with Gasteiger partial charge in [0, 0.05) is 17.8 Å². The van der Waals surface area contributed by atoms with Gasteiger partial charge in [0.2, 0.25) is 0 Å². The van der Waals surface area contributed by atoms with Crippen molar-refractivity contribution >= 4 is 34.9 Å². The number of fused-ring (bicyclic) bond motifs is 1. The molecule has 1 aliphatic rings. The van der Waals surface area contributed by atoms with Gasteiger partial charge < -0.3 is 14.8 Å². The van der Waals surface area contributed by atoms with E-state index in [-0.39, 0.29) is 0 Å². The molecule has 0 bridgehead atoms. The number of rotatable bonds is 3. The van der Waals surface area contributed by atoms with Crippen LogP contribution >= 0.6 is 23.4 Å². The first-order chi connectivity index (χ1) is 9.74.